The van der Waals surface area contributed by atoms with Gasteiger partial charge in [-0.15, -0.1) is 0 Å². The van der Waals surface area contributed by atoms with Gasteiger partial charge in [0.2, 0.25) is 0 Å². The fraction of sp³-hybridized carbons (Fsp3) is 0.500. The Labute approximate surface area is 103 Å². The van der Waals surface area contributed by atoms with E-state index in [1.165, 1.54) is 6.07 Å². The van der Waals surface area contributed by atoms with Crippen LogP contribution >= 0.6 is 15.9 Å². The summed E-state index contributed by atoms with van der Waals surface area (Å²) >= 11 is 3.17. The molecule has 1 aromatic rings. The molecule has 0 radical (unpaired) electrons. The van der Waals surface area contributed by atoms with Crippen molar-refractivity contribution >= 4 is 15.9 Å². The third-order valence-electron chi connectivity index (χ3n) is 3.34. The van der Waals surface area contributed by atoms with Crippen LogP contribution < -0.4 is 5.73 Å². The van der Waals surface area contributed by atoms with E-state index in [1.54, 1.807) is 12.1 Å². The van der Waals surface area contributed by atoms with Gasteiger partial charge in [-0.25, -0.2) is 4.39 Å². The average Bonchev–Trinajstić information content (AvgIpc) is 2.18. The molecule has 88 valence electrons. The summed E-state index contributed by atoms with van der Waals surface area (Å²) in [5.74, 6) is -0.0704. The zero-order valence-corrected chi connectivity index (χ0v) is 10.5. The Hall–Kier alpha value is -0.450. The van der Waals surface area contributed by atoms with Crippen LogP contribution in [0, 0.1) is 11.7 Å². The molecular formula is C12H15BrFNO. The van der Waals surface area contributed by atoms with E-state index in [-0.39, 0.29) is 11.7 Å². The van der Waals surface area contributed by atoms with Crippen molar-refractivity contribution in [1.29, 1.82) is 0 Å². The molecule has 0 saturated heterocycles. The minimum Gasteiger partial charge on any atom is -0.391 e. The molecule has 1 aliphatic carbocycles. The number of rotatable bonds is 3. The van der Waals surface area contributed by atoms with Crippen LogP contribution in [0.1, 0.15) is 30.9 Å². The summed E-state index contributed by atoms with van der Waals surface area (Å²) in [6.45, 7) is 0. The number of aliphatic hydroxyl groups excluding tert-OH is 1. The molecule has 1 fully saturated rings. The third kappa shape index (κ3) is 2.14. The van der Waals surface area contributed by atoms with Gasteiger partial charge in [0.15, 0.2) is 0 Å². The Balaban J connectivity index is 2.19. The summed E-state index contributed by atoms with van der Waals surface area (Å²) in [5, 5.41) is 10.0. The van der Waals surface area contributed by atoms with Crippen LogP contribution in [0.2, 0.25) is 0 Å². The van der Waals surface area contributed by atoms with Gasteiger partial charge < -0.3 is 10.8 Å². The summed E-state index contributed by atoms with van der Waals surface area (Å²) < 4.78 is 13.7. The van der Waals surface area contributed by atoms with Crippen molar-refractivity contribution in [2.75, 3.05) is 0 Å². The number of hydrogen-bond acceptors (Lipinski definition) is 2. The first-order valence-electron chi connectivity index (χ1n) is 5.49. The van der Waals surface area contributed by atoms with Crippen LogP contribution in [0.3, 0.4) is 0 Å². The second kappa shape index (κ2) is 4.82. The lowest BCUT2D eigenvalue weighted by Gasteiger charge is -2.34. The van der Waals surface area contributed by atoms with Gasteiger partial charge in [0.25, 0.3) is 0 Å². The monoisotopic (exact) mass is 287 g/mol. The van der Waals surface area contributed by atoms with Crippen molar-refractivity contribution in [2.24, 2.45) is 11.7 Å². The molecule has 0 amide bonds. The Morgan fingerprint density at radius 1 is 1.44 bits per heavy atom. The van der Waals surface area contributed by atoms with Gasteiger partial charge >= 0.3 is 0 Å². The van der Waals surface area contributed by atoms with Crippen LogP contribution in [-0.2, 0) is 0 Å². The van der Waals surface area contributed by atoms with Gasteiger partial charge in [-0.1, -0.05) is 18.6 Å². The number of benzene rings is 1. The van der Waals surface area contributed by atoms with Gasteiger partial charge in [-0.2, -0.15) is 0 Å². The molecule has 2 nitrogen and oxygen atoms in total. The molecule has 0 unspecified atom stereocenters. The van der Waals surface area contributed by atoms with E-state index in [0.29, 0.717) is 10.0 Å². The molecule has 0 bridgehead atoms. The number of aliphatic hydroxyl groups is 1. The minimum atomic E-state index is -0.577. The maximum absolute atomic E-state index is 13.3. The zero-order valence-electron chi connectivity index (χ0n) is 8.87. The summed E-state index contributed by atoms with van der Waals surface area (Å²) in [6, 6.07) is 4.22. The van der Waals surface area contributed by atoms with Crippen LogP contribution in [0.15, 0.2) is 22.7 Å². The van der Waals surface area contributed by atoms with E-state index in [9.17, 15) is 9.50 Å². The van der Waals surface area contributed by atoms with E-state index in [0.717, 1.165) is 19.3 Å². The fourth-order valence-electron chi connectivity index (χ4n) is 2.04. The van der Waals surface area contributed by atoms with E-state index in [1.807, 2.05) is 0 Å². The Kier molecular flexibility index (Phi) is 3.62. The molecule has 3 N–H and O–H groups in total. The van der Waals surface area contributed by atoms with E-state index >= 15 is 0 Å². The van der Waals surface area contributed by atoms with Crippen LogP contribution in [-0.4, -0.2) is 11.2 Å². The molecule has 2 atom stereocenters. The first-order valence-corrected chi connectivity index (χ1v) is 6.28. The summed E-state index contributed by atoms with van der Waals surface area (Å²) in [4.78, 5) is 0. The predicted octanol–water partition coefficient (Wildman–Crippen LogP) is 2.75. The van der Waals surface area contributed by atoms with E-state index in [2.05, 4.69) is 15.9 Å². The predicted molar refractivity (Wildman–Crippen MR) is 64.4 cm³/mol. The normalized spacial score (nSPS) is 20.2. The van der Waals surface area contributed by atoms with Gasteiger partial charge in [0, 0.05) is 0 Å². The van der Waals surface area contributed by atoms with Crippen molar-refractivity contribution in [1.82, 2.24) is 0 Å². The highest BCUT2D eigenvalue weighted by atomic mass is 79.9. The topological polar surface area (TPSA) is 46.2 Å². The van der Waals surface area contributed by atoms with Crippen molar-refractivity contribution in [3.05, 3.63) is 34.1 Å². The Bertz CT molecular complexity index is 381. The molecule has 1 saturated carbocycles. The van der Waals surface area contributed by atoms with Crippen molar-refractivity contribution in [3.8, 4) is 0 Å². The Morgan fingerprint density at radius 2 is 2.12 bits per heavy atom. The molecule has 4 heteroatoms. The largest absolute Gasteiger partial charge is 0.391 e. The molecule has 2 rings (SSSR count). The fourth-order valence-corrected chi connectivity index (χ4v) is 2.57. The molecule has 1 aliphatic rings. The molecular weight excluding hydrogens is 273 g/mol. The second-order valence-corrected chi connectivity index (χ2v) is 5.14. The molecule has 16 heavy (non-hydrogen) atoms. The third-order valence-corrected chi connectivity index (χ3v) is 4.18. The average molecular weight is 288 g/mol. The van der Waals surface area contributed by atoms with Crippen LogP contribution in [0.5, 0.6) is 0 Å². The van der Waals surface area contributed by atoms with Crippen molar-refractivity contribution in [3.63, 3.8) is 0 Å². The minimum absolute atomic E-state index is 0.269. The maximum Gasteiger partial charge on any atom is 0.137 e. The zero-order chi connectivity index (χ0) is 11.7. The highest BCUT2D eigenvalue weighted by molar-refractivity contribution is 9.10. The second-order valence-electron chi connectivity index (χ2n) is 4.35. The van der Waals surface area contributed by atoms with Gasteiger partial charge in [0.05, 0.1) is 16.6 Å². The highest BCUT2D eigenvalue weighted by Crippen LogP contribution is 2.36. The lowest BCUT2D eigenvalue weighted by atomic mass is 9.77. The van der Waals surface area contributed by atoms with Gasteiger partial charge in [0.1, 0.15) is 5.82 Å². The molecule has 0 spiro atoms. The highest BCUT2D eigenvalue weighted by Gasteiger charge is 2.31. The maximum atomic E-state index is 13.3. The lowest BCUT2D eigenvalue weighted by molar-refractivity contribution is 0.0411. The summed E-state index contributed by atoms with van der Waals surface area (Å²) in [5.41, 5.74) is 6.61. The standard InChI is InChI=1S/C12H15BrFNO/c13-10-8(5-2-6-9(10)14)11(15)12(16)7-3-1-4-7/h2,5-7,11-12,16H,1,3-4,15H2/t11-,12+/m1/s1. The van der Waals surface area contributed by atoms with Crippen molar-refractivity contribution < 1.29 is 9.50 Å². The first-order chi connectivity index (χ1) is 7.61. The van der Waals surface area contributed by atoms with Crippen LogP contribution in [0.4, 0.5) is 4.39 Å². The first kappa shape index (κ1) is 12.0. The lowest BCUT2D eigenvalue weighted by Crippen LogP contribution is -2.36. The quantitative estimate of drug-likeness (QED) is 0.898. The number of halogens is 2. The van der Waals surface area contributed by atoms with E-state index < -0.39 is 12.1 Å². The number of hydrogen-bond donors (Lipinski definition) is 2. The SMILES string of the molecule is N[C@H](c1cccc(F)c1Br)[C@@H](O)C1CCC1. The van der Waals surface area contributed by atoms with Gasteiger partial charge in [-0.3, -0.25) is 0 Å². The van der Waals surface area contributed by atoms with Gasteiger partial charge in [-0.05, 0) is 46.3 Å². The Morgan fingerprint density at radius 3 is 2.69 bits per heavy atom. The summed E-state index contributed by atoms with van der Waals surface area (Å²) in [6.07, 6.45) is 2.61. The van der Waals surface area contributed by atoms with Crippen molar-refractivity contribution in [2.45, 2.75) is 31.4 Å². The molecule has 0 aromatic heterocycles. The summed E-state index contributed by atoms with van der Waals surface area (Å²) in [7, 11) is 0. The van der Waals surface area contributed by atoms with E-state index in [4.69, 9.17) is 5.73 Å². The molecule has 1 aromatic carbocycles. The van der Waals surface area contributed by atoms with Crippen LogP contribution in [0.25, 0.3) is 0 Å². The molecule has 0 aliphatic heterocycles. The smallest absolute Gasteiger partial charge is 0.137 e. The number of nitrogens with two attached hydrogens (primary N) is 1. The molecule has 0 heterocycles.